The molecule has 17 heavy (non-hydrogen) atoms. The van der Waals surface area contributed by atoms with Crippen molar-refractivity contribution < 1.29 is 14.3 Å². The van der Waals surface area contributed by atoms with E-state index in [0.29, 0.717) is 13.0 Å². The van der Waals surface area contributed by atoms with Crippen molar-refractivity contribution in [2.45, 2.75) is 26.4 Å². The van der Waals surface area contributed by atoms with Gasteiger partial charge in [-0.05, 0) is 24.8 Å². The largest absolute Gasteiger partial charge is 0.461 e. The van der Waals surface area contributed by atoms with E-state index in [-0.39, 0.29) is 23.6 Å². The molecule has 0 amide bonds. The third kappa shape index (κ3) is 3.41. The van der Waals surface area contributed by atoms with Crippen molar-refractivity contribution in [3.63, 3.8) is 0 Å². The fourth-order valence-corrected chi connectivity index (χ4v) is 1.98. The van der Waals surface area contributed by atoms with Crippen molar-refractivity contribution in [3.05, 3.63) is 35.9 Å². The van der Waals surface area contributed by atoms with E-state index < -0.39 is 0 Å². The van der Waals surface area contributed by atoms with Crippen LogP contribution in [0.25, 0.3) is 0 Å². The Hall–Kier alpha value is -1.64. The first kappa shape index (κ1) is 11.8. The Morgan fingerprint density at radius 1 is 1.29 bits per heavy atom. The van der Waals surface area contributed by atoms with Gasteiger partial charge in [0.2, 0.25) is 0 Å². The number of ketones is 1. The lowest BCUT2D eigenvalue weighted by Crippen LogP contribution is -2.07. The number of ether oxygens (including phenoxy) is 1. The van der Waals surface area contributed by atoms with Crippen LogP contribution in [0.15, 0.2) is 30.3 Å². The van der Waals surface area contributed by atoms with Gasteiger partial charge in [-0.25, -0.2) is 0 Å². The molecule has 0 N–H and O–H groups in total. The smallest absolute Gasteiger partial charge is 0.306 e. The second-order valence-corrected chi connectivity index (χ2v) is 4.56. The number of carbonyl (C=O) groups excluding carboxylic acids is 2. The van der Waals surface area contributed by atoms with Gasteiger partial charge < -0.3 is 4.74 Å². The first-order valence-corrected chi connectivity index (χ1v) is 5.87. The summed E-state index contributed by atoms with van der Waals surface area (Å²) >= 11 is 0. The third-order valence-corrected chi connectivity index (χ3v) is 3.12. The number of hydrogen-bond acceptors (Lipinski definition) is 3. The molecule has 0 saturated heterocycles. The van der Waals surface area contributed by atoms with Crippen LogP contribution in [-0.4, -0.2) is 11.8 Å². The highest BCUT2D eigenvalue weighted by atomic mass is 16.5. The van der Waals surface area contributed by atoms with Crippen molar-refractivity contribution >= 4 is 11.8 Å². The lowest BCUT2D eigenvalue weighted by molar-refractivity contribution is -0.145. The van der Waals surface area contributed by atoms with Gasteiger partial charge in [0.25, 0.3) is 0 Å². The molecule has 2 rings (SSSR count). The molecule has 0 unspecified atom stereocenters. The van der Waals surface area contributed by atoms with Crippen LogP contribution in [-0.2, 0) is 20.9 Å². The zero-order valence-electron chi connectivity index (χ0n) is 9.89. The lowest BCUT2D eigenvalue weighted by Gasteiger charge is -2.04. The van der Waals surface area contributed by atoms with E-state index in [2.05, 4.69) is 0 Å². The van der Waals surface area contributed by atoms with Gasteiger partial charge in [-0.1, -0.05) is 30.3 Å². The average molecular weight is 232 g/mol. The number of hydrogen-bond donors (Lipinski definition) is 0. The van der Waals surface area contributed by atoms with Crippen LogP contribution in [0, 0.1) is 11.8 Å². The fraction of sp³-hybridized carbons (Fsp3) is 0.429. The van der Waals surface area contributed by atoms with Crippen LogP contribution in [0.3, 0.4) is 0 Å². The zero-order chi connectivity index (χ0) is 12.3. The van der Waals surface area contributed by atoms with E-state index in [4.69, 9.17) is 4.74 Å². The monoisotopic (exact) mass is 232 g/mol. The molecule has 1 aliphatic rings. The summed E-state index contributed by atoms with van der Waals surface area (Å²) in [7, 11) is 0. The Morgan fingerprint density at radius 2 is 2.00 bits per heavy atom. The molecule has 0 heterocycles. The molecule has 1 fully saturated rings. The molecule has 1 saturated carbocycles. The first-order valence-electron chi connectivity index (χ1n) is 5.87. The molecule has 0 bridgehead atoms. The Morgan fingerprint density at radius 3 is 2.59 bits per heavy atom. The number of carbonyl (C=O) groups is 2. The molecule has 0 radical (unpaired) electrons. The second-order valence-electron chi connectivity index (χ2n) is 4.56. The van der Waals surface area contributed by atoms with E-state index in [1.165, 1.54) is 0 Å². The van der Waals surface area contributed by atoms with Crippen LogP contribution < -0.4 is 0 Å². The number of Topliss-reactive ketones (excluding diaryl/α,β-unsaturated/α-hetero) is 1. The van der Waals surface area contributed by atoms with E-state index in [9.17, 15) is 9.59 Å². The first-order chi connectivity index (χ1) is 8.16. The van der Waals surface area contributed by atoms with Crippen molar-refractivity contribution in [2.75, 3.05) is 0 Å². The van der Waals surface area contributed by atoms with Gasteiger partial charge in [0.1, 0.15) is 12.4 Å². The highest BCUT2D eigenvalue weighted by Gasteiger charge is 2.42. The van der Waals surface area contributed by atoms with Crippen molar-refractivity contribution in [1.82, 2.24) is 0 Å². The molecule has 2 atom stereocenters. The van der Waals surface area contributed by atoms with Gasteiger partial charge in [0.05, 0.1) is 0 Å². The molecule has 3 heteroatoms. The molecule has 3 nitrogen and oxygen atoms in total. The van der Waals surface area contributed by atoms with Gasteiger partial charge in [-0.15, -0.1) is 0 Å². The summed E-state index contributed by atoms with van der Waals surface area (Å²) in [6, 6.07) is 9.59. The summed E-state index contributed by atoms with van der Waals surface area (Å²) in [6.07, 6.45) is 1.22. The summed E-state index contributed by atoms with van der Waals surface area (Å²) in [5.41, 5.74) is 0.986. The quantitative estimate of drug-likeness (QED) is 0.732. The summed E-state index contributed by atoms with van der Waals surface area (Å²) in [4.78, 5) is 22.5. The maximum atomic E-state index is 11.5. The van der Waals surface area contributed by atoms with Crippen LogP contribution >= 0.6 is 0 Å². The van der Waals surface area contributed by atoms with E-state index in [1.54, 1.807) is 6.92 Å². The van der Waals surface area contributed by atoms with Gasteiger partial charge in [0, 0.05) is 12.3 Å². The SMILES string of the molecule is CC(=O)[C@H]1C[C@@H]1CC(=O)OCc1ccccc1. The van der Waals surface area contributed by atoms with Gasteiger partial charge in [-0.3, -0.25) is 9.59 Å². The van der Waals surface area contributed by atoms with Crippen LogP contribution in [0.2, 0.25) is 0 Å². The Labute approximate surface area is 101 Å². The summed E-state index contributed by atoms with van der Waals surface area (Å²) in [5, 5.41) is 0. The third-order valence-electron chi connectivity index (χ3n) is 3.12. The zero-order valence-corrected chi connectivity index (χ0v) is 9.89. The standard InChI is InChI=1S/C14H16O3/c1-10(15)13-7-12(13)8-14(16)17-9-11-5-3-2-4-6-11/h2-6,12-13H,7-9H2,1H3/t12-,13-/m1/s1. The second kappa shape index (κ2) is 5.13. The van der Waals surface area contributed by atoms with Crippen LogP contribution in [0.1, 0.15) is 25.3 Å². The number of benzene rings is 1. The van der Waals surface area contributed by atoms with Crippen molar-refractivity contribution in [3.8, 4) is 0 Å². The average Bonchev–Trinajstić information content (AvgIpc) is 3.07. The number of esters is 1. The lowest BCUT2D eigenvalue weighted by atomic mass is 10.2. The number of rotatable bonds is 5. The minimum absolute atomic E-state index is 0.0966. The minimum Gasteiger partial charge on any atom is -0.461 e. The van der Waals surface area contributed by atoms with Crippen molar-refractivity contribution in [1.29, 1.82) is 0 Å². The molecule has 1 aromatic carbocycles. The Balaban J connectivity index is 1.71. The fourth-order valence-electron chi connectivity index (χ4n) is 1.98. The van der Waals surface area contributed by atoms with Crippen LogP contribution in [0.4, 0.5) is 0 Å². The van der Waals surface area contributed by atoms with Gasteiger partial charge in [-0.2, -0.15) is 0 Å². The normalized spacial score (nSPS) is 21.9. The Bertz CT molecular complexity index is 411. The maximum absolute atomic E-state index is 11.5. The molecular formula is C14H16O3. The molecule has 0 aromatic heterocycles. The maximum Gasteiger partial charge on any atom is 0.306 e. The van der Waals surface area contributed by atoms with Gasteiger partial charge in [0.15, 0.2) is 0 Å². The topological polar surface area (TPSA) is 43.4 Å². The minimum atomic E-state index is -0.206. The van der Waals surface area contributed by atoms with E-state index >= 15 is 0 Å². The predicted octanol–water partition coefficient (Wildman–Crippen LogP) is 2.35. The van der Waals surface area contributed by atoms with E-state index in [1.807, 2.05) is 30.3 Å². The van der Waals surface area contributed by atoms with Crippen molar-refractivity contribution in [2.24, 2.45) is 11.8 Å². The molecule has 1 aromatic rings. The highest BCUT2D eigenvalue weighted by Crippen LogP contribution is 2.41. The molecule has 1 aliphatic carbocycles. The highest BCUT2D eigenvalue weighted by molar-refractivity contribution is 5.82. The molecule has 0 aliphatic heterocycles. The molecule has 90 valence electrons. The van der Waals surface area contributed by atoms with Crippen LogP contribution in [0.5, 0.6) is 0 Å². The predicted molar refractivity (Wildman–Crippen MR) is 63.1 cm³/mol. The summed E-state index contributed by atoms with van der Waals surface area (Å²) in [6.45, 7) is 1.90. The van der Waals surface area contributed by atoms with Gasteiger partial charge >= 0.3 is 5.97 Å². The summed E-state index contributed by atoms with van der Waals surface area (Å²) < 4.78 is 5.16. The molecule has 0 spiro atoms. The Kier molecular flexibility index (Phi) is 3.57. The summed E-state index contributed by atoms with van der Waals surface area (Å²) in [5.74, 6) is 0.295. The molecular weight excluding hydrogens is 216 g/mol. The van der Waals surface area contributed by atoms with E-state index in [0.717, 1.165) is 12.0 Å².